The first-order chi connectivity index (χ1) is 13.7. The quantitative estimate of drug-likeness (QED) is 0.684. The maximum atomic E-state index is 13.1. The van der Waals surface area contributed by atoms with Crippen LogP contribution >= 0.6 is 0 Å². The molecule has 144 valence electrons. The molecule has 1 saturated heterocycles. The van der Waals surface area contributed by atoms with Gasteiger partial charge in [0.15, 0.2) is 0 Å². The van der Waals surface area contributed by atoms with Crippen molar-refractivity contribution in [1.29, 1.82) is 0 Å². The zero-order valence-electron chi connectivity index (χ0n) is 15.7. The Hall–Kier alpha value is -3.02. The number of amides is 1. The minimum atomic E-state index is -0.282. The Morgan fingerprint density at radius 3 is 2.64 bits per heavy atom. The van der Waals surface area contributed by atoms with Crippen LogP contribution in [0.3, 0.4) is 0 Å². The first-order valence-corrected chi connectivity index (χ1v) is 9.61. The molecule has 1 amide bonds. The predicted molar refractivity (Wildman–Crippen MR) is 104 cm³/mol. The zero-order chi connectivity index (χ0) is 19.3. The SMILES string of the molecule is O=C(Cc1ccc(F)cc1)N1CCCC(c2nccn2Cc2ccncc2)C1. The second-order valence-electron chi connectivity index (χ2n) is 7.25. The number of carbonyl (C=O) groups is 1. The Kier molecular flexibility index (Phi) is 5.46. The highest BCUT2D eigenvalue weighted by Gasteiger charge is 2.27. The van der Waals surface area contributed by atoms with Gasteiger partial charge in [0.05, 0.1) is 6.42 Å². The summed E-state index contributed by atoms with van der Waals surface area (Å²) in [5, 5.41) is 0. The molecule has 1 fully saturated rings. The average molecular weight is 378 g/mol. The van der Waals surface area contributed by atoms with E-state index in [4.69, 9.17) is 0 Å². The van der Waals surface area contributed by atoms with Crippen molar-refractivity contribution in [2.75, 3.05) is 13.1 Å². The van der Waals surface area contributed by atoms with Gasteiger partial charge in [-0.05, 0) is 48.2 Å². The lowest BCUT2D eigenvalue weighted by Crippen LogP contribution is -2.40. The monoisotopic (exact) mass is 378 g/mol. The summed E-state index contributed by atoms with van der Waals surface area (Å²) in [4.78, 5) is 23.3. The minimum Gasteiger partial charge on any atom is -0.342 e. The first-order valence-electron chi connectivity index (χ1n) is 9.61. The third-order valence-electron chi connectivity index (χ3n) is 5.26. The van der Waals surface area contributed by atoms with E-state index in [1.165, 1.54) is 17.7 Å². The molecule has 0 aliphatic carbocycles. The van der Waals surface area contributed by atoms with Gasteiger partial charge in [0, 0.05) is 50.3 Å². The highest BCUT2D eigenvalue weighted by Crippen LogP contribution is 2.26. The summed E-state index contributed by atoms with van der Waals surface area (Å²) < 4.78 is 15.2. The van der Waals surface area contributed by atoms with Crippen molar-refractivity contribution >= 4 is 5.91 Å². The van der Waals surface area contributed by atoms with Crippen LogP contribution in [-0.2, 0) is 17.8 Å². The number of carbonyl (C=O) groups excluding carboxylic acids is 1. The third-order valence-corrected chi connectivity index (χ3v) is 5.26. The van der Waals surface area contributed by atoms with Gasteiger partial charge in [-0.15, -0.1) is 0 Å². The third kappa shape index (κ3) is 4.27. The van der Waals surface area contributed by atoms with Gasteiger partial charge in [-0.2, -0.15) is 0 Å². The first kappa shape index (κ1) is 18.3. The van der Waals surface area contributed by atoms with Crippen molar-refractivity contribution < 1.29 is 9.18 Å². The van der Waals surface area contributed by atoms with Crippen LogP contribution in [0.4, 0.5) is 4.39 Å². The molecule has 0 N–H and O–H groups in total. The second-order valence-corrected chi connectivity index (χ2v) is 7.25. The molecule has 0 spiro atoms. The number of piperidine rings is 1. The number of pyridine rings is 1. The van der Waals surface area contributed by atoms with Crippen LogP contribution in [-0.4, -0.2) is 38.4 Å². The number of benzene rings is 1. The molecule has 1 aliphatic rings. The van der Waals surface area contributed by atoms with E-state index in [0.717, 1.165) is 37.3 Å². The highest BCUT2D eigenvalue weighted by molar-refractivity contribution is 5.79. The smallest absolute Gasteiger partial charge is 0.227 e. The van der Waals surface area contributed by atoms with Crippen LogP contribution in [0.5, 0.6) is 0 Å². The normalized spacial score (nSPS) is 16.9. The lowest BCUT2D eigenvalue weighted by molar-refractivity contribution is -0.131. The van der Waals surface area contributed by atoms with Gasteiger partial charge in [0.25, 0.3) is 0 Å². The van der Waals surface area contributed by atoms with Crippen LogP contribution in [0.25, 0.3) is 0 Å². The van der Waals surface area contributed by atoms with E-state index in [2.05, 4.69) is 14.5 Å². The number of halogens is 1. The Bertz CT molecular complexity index is 923. The van der Waals surface area contributed by atoms with E-state index in [0.29, 0.717) is 13.0 Å². The number of rotatable bonds is 5. The maximum Gasteiger partial charge on any atom is 0.227 e. The molecule has 4 rings (SSSR count). The summed E-state index contributed by atoms with van der Waals surface area (Å²) in [6.07, 6.45) is 9.70. The van der Waals surface area contributed by atoms with Crippen LogP contribution in [0, 0.1) is 5.82 Å². The van der Waals surface area contributed by atoms with E-state index in [-0.39, 0.29) is 17.6 Å². The lowest BCUT2D eigenvalue weighted by atomic mass is 9.96. The largest absolute Gasteiger partial charge is 0.342 e. The molecule has 1 aromatic carbocycles. The van der Waals surface area contributed by atoms with E-state index in [9.17, 15) is 9.18 Å². The van der Waals surface area contributed by atoms with Gasteiger partial charge in [-0.3, -0.25) is 9.78 Å². The van der Waals surface area contributed by atoms with Gasteiger partial charge < -0.3 is 9.47 Å². The van der Waals surface area contributed by atoms with Gasteiger partial charge in [0.2, 0.25) is 5.91 Å². The predicted octanol–water partition coefficient (Wildman–Crippen LogP) is 3.41. The summed E-state index contributed by atoms with van der Waals surface area (Å²) in [7, 11) is 0. The average Bonchev–Trinajstić information content (AvgIpc) is 3.19. The Labute approximate surface area is 163 Å². The van der Waals surface area contributed by atoms with E-state index in [1.807, 2.05) is 29.4 Å². The van der Waals surface area contributed by atoms with Crippen LogP contribution in [0.15, 0.2) is 61.2 Å². The van der Waals surface area contributed by atoms with Crippen molar-refractivity contribution in [2.24, 2.45) is 0 Å². The van der Waals surface area contributed by atoms with Gasteiger partial charge in [0.1, 0.15) is 11.6 Å². The molecule has 0 bridgehead atoms. The minimum absolute atomic E-state index is 0.0866. The molecule has 3 heterocycles. The Morgan fingerprint density at radius 2 is 1.86 bits per heavy atom. The number of hydrogen-bond donors (Lipinski definition) is 0. The number of aromatic nitrogens is 3. The summed E-state index contributed by atoms with van der Waals surface area (Å²) in [5.74, 6) is 1.05. The summed E-state index contributed by atoms with van der Waals surface area (Å²) in [6, 6.07) is 10.2. The second kappa shape index (κ2) is 8.33. The molecule has 5 nitrogen and oxygen atoms in total. The van der Waals surface area contributed by atoms with Gasteiger partial charge in [-0.1, -0.05) is 12.1 Å². The molecule has 0 radical (unpaired) electrons. The molecular weight excluding hydrogens is 355 g/mol. The number of nitrogens with zero attached hydrogens (tertiary/aromatic N) is 4. The van der Waals surface area contributed by atoms with Crippen molar-refractivity contribution in [3.05, 3.63) is 84.0 Å². The molecule has 6 heteroatoms. The molecular formula is C22H23FN4O. The van der Waals surface area contributed by atoms with Crippen molar-refractivity contribution in [3.8, 4) is 0 Å². The molecule has 0 saturated carbocycles. The Morgan fingerprint density at radius 1 is 1.07 bits per heavy atom. The fourth-order valence-electron chi connectivity index (χ4n) is 3.80. The van der Waals surface area contributed by atoms with Gasteiger partial charge >= 0.3 is 0 Å². The standard InChI is InChI=1S/C22H23FN4O/c23-20-5-3-17(4-6-20)14-21(28)26-12-1-2-19(16-26)22-25-11-13-27(22)15-18-7-9-24-10-8-18/h3-11,13,19H,1-2,12,14-16H2. The van der Waals surface area contributed by atoms with Crippen molar-refractivity contribution in [2.45, 2.75) is 31.7 Å². The maximum absolute atomic E-state index is 13.1. The van der Waals surface area contributed by atoms with Crippen LogP contribution in [0.2, 0.25) is 0 Å². The van der Waals surface area contributed by atoms with Crippen molar-refractivity contribution in [3.63, 3.8) is 0 Å². The lowest BCUT2D eigenvalue weighted by Gasteiger charge is -2.33. The molecule has 2 aromatic heterocycles. The van der Waals surface area contributed by atoms with Crippen molar-refractivity contribution in [1.82, 2.24) is 19.4 Å². The number of likely N-dealkylation sites (tertiary alicyclic amines) is 1. The molecule has 3 aromatic rings. The fraction of sp³-hybridized carbons (Fsp3) is 0.318. The zero-order valence-corrected chi connectivity index (χ0v) is 15.7. The topological polar surface area (TPSA) is 51.0 Å². The highest BCUT2D eigenvalue weighted by atomic mass is 19.1. The molecule has 1 aliphatic heterocycles. The summed E-state index contributed by atoms with van der Waals surface area (Å²) in [6.45, 7) is 2.19. The van der Waals surface area contributed by atoms with Crippen LogP contribution < -0.4 is 0 Å². The number of imidazole rings is 1. The molecule has 28 heavy (non-hydrogen) atoms. The van der Waals surface area contributed by atoms with E-state index >= 15 is 0 Å². The summed E-state index contributed by atoms with van der Waals surface area (Å²) >= 11 is 0. The Balaban J connectivity index is 1.43. The number of hydrogen-bond acceptors (Lipinski definition) is 3. The fourth-order valence-corrected chi connectivity index (χ4v) is 3.80. The van der Waals surface area contributed by atoms with E-state index < -0.39 is 0 Å². The molecule has 1 unspecified atom stereocenters. The summed E-state index contributed by atoms with van der Waals surface area (Å²) in [5.41, 5.74) is 2.02. The van der Waals surface area contributed by atoms with E-state index in [1.54, 1.807) is 24.5 Å². The molecule has 1 atom stereocenters. The van der Waals surface area contributed by atoms with Crippen LogP contribution in [0.1, 0.15) is 35.7 Å². The van der Waals surface area contributed by atoms with Gasteiger partial charge in [-0.25, -0.2) is 9.37 Å².